The smallest absolute Gasteiger partial charge is 0.254 e. The molecule has 3 aromatic carbocycles. The normalized spacial score (nSPS) is 10.9. The van der Waals surface area contributed by atoms with Crippen LogP contribution in [0.15, 0.2) is 77.4 Å². The number of hydrogen-bond acceptors (Lipinski definition) is 4. The number of nitrogens with one attached hydrogen (secondary N) is 1. The number of carbonyl (C=O) groups excluding carboxylic acids is 2. The van der Waals surface area contributed by atoms with Crippen LogP contribution in [0.1, 0.15) is 41.3 Å². The van der Waals surface area contributed by atoms with Crippen molar-refractivity contribution in [3.8, 4) is 11.5 Å². The molecule has 4 rings (SSSR count). The zero-order valence-electron chi connectivity index (χ0n) is 23.3. The molecule has 0 aliphatic heterocycles. The highest BCUT2D eigenvalue weighted by atomic mass is 79.9. The molecule has 0 fully saturated rings. The summed E-state index contributed by atoms with van der Waals surface area (Å²) in [6.07, 6.45) is 4.43. The molecule has 1 aromatic heterocycles. The predicted octanol–water partition coefficient (Wildman–Crippen LogP) is 6.46. The number of aromatic amines is 1. The number of carbonyl (C=O) groups is 2. The zero-order valence-corrected chi connectivity index (χ0v) is 24.9. The Morgan fingerprint density at radius 1 is 0.900 bits per heavy atom. The Hall–Kier alpha value is -3.78. The van der Waals surface area contributed by atoms with E-state index in [0.717, 1.165) is 39.3 Å². The lowest BCUT2D eigenvalue weighted by atomic mass is 10.1. The lowest BCUT2D eigenvalue weighted by molar-refractivity contribution is -0.132. The minimum Gasteiger partial charge on any atom is -0.493 e. The van der Waals surface area contributed by atoms with Crippen molar-refractivity contribution in [1.82, 2.24) is 14.8 Å². The van der Waals surface area contributed by atoms with Gasteiger partial charge < -0.3 is 24.3 Å². The van der Waals surface area contributed by atoms with Gasteiger partial charge in [-0.15, -0.1) is 0 Å². The molecule has 1 N–H and O–H groups in total. The van der Waals surface area contributed by atoms with Gasteiger partial charge in [-0.25, -0.2) is 0 Å². The van der Waals surface area contributed by atoms with Gasteiger partial charge in [0.2, 0.25) is 5.91 Å². The maximum atomic E-state index is 13.9. The standard InChI is InChI=1S/C32H36BrN3O4/c1-4-5-17-36(32(38)24-11-13-26(33)14-12-24)22-31(37)35(21-23-10-15-29(39-2)30(19-23)40-3)18-16-25-20-34-28-9-7-6-8-27(25)28/h6-15,19-20,34H,4-5,16-18,21-22H2,1-3H3. The first-order valence-electron chi connectivity index (χ1n) is 13.5. The molecule has 2 amide bonds. The molecule has 7 nitrogen and oxygen atoms in total. The van der Waals surface area contributed by atoms with Crippen LogP contribution in [0.4, 0.5) is 0 Å². The number of halogens is 1. The number of hydrogen-bond donors (Lipinski definition) is 1. The van der Waals surface area contributed by atoms with Gasteiger partial charge in [0.1, 0.15) is 6.54 Å². The van der Waals surface area contributed by atoms with E-state index in [1.54, 1.807) is 31.3 Å². The molecule has 0 radical (unpaired) electrons. The van der Waals surface area contributed by atoms with Crippen molar-refractivity contribution in [2.75, 3.05) is 33.9 Å². The monoisotopic (exact) mass is 605 g/mol. The van der Waals surface area contributed by atoms with Gasteiger partial charge in [0.15, 0.2) is 11.5 Å². The molecule has 40 heavy (non-hydrogen) atoms. The molecule has 1 heterocycles. The summed E-state index contributed by atoms with van der Waals surface area (Å²) in [4.78, 5) is 34.1. The van der Waals surface area contributed by atoms with E-state index in [2.05, 4.69) is 33.9 Å². The molecular weight excluding hydrogens is 570 g/mol. The Balaban J connectivity index is 1.58. The molecule has 8 heteroatoms. The quantitative estimate of drug-likeness (QED) is 0.190. The third kappa shape index (κ3) is 7.24. The number of nitrogens with zero attached hydrogens (tertiary/aromatic N) is 2. The second-order valence-electron chi connectivity index (χ2n) is 9.70. The fraction of sp³-hybridized carbons (Fsp3) is 0.312. The highest BCUT2D eigenvalue weighted by molar-refractivity contribution is 9.10. The number of benzene rings is 3. The number of para-hydroxylation sites is 1. The average Bonchev–Trinajstić information content (AvgIpc) is 3.40. The van der Waals surface area contributed by atoms with Gasteiger partial charge in [-0.05, 0) is 66.4 Å². The van der Waals surface area contributed by atoms with E-state index in [1.807, 2.05) is 59.6 Å². The number of fused-ring (bicyclic) bond motifs is 1. The summed E-state index contributed by atoms with van der Waals surface area (Å²) in [5.41, 5.74) is 3.71. The molecule has 0 saturated carbocycles. The van der Waals surface area contributed by atoms with Gasteiger partial charge in [-0.1, -0.05) is 53.5 Å². The minimum absolute atomic E-state index is 0.00999. The van der Waals surface area contributed by atoms with Crippen LogP contribution in [0.5, 0.6) is 11.5 Å². The van der Waals surface area contributed by atoms with Crippen LogP contribution in [-0.4, -0.2) is 60.5 Å². The summed E-state index contributed by atoms with van der Waals surface area (Å²) in [6, 6.07) is 21.1. The van der Waals surface area contributed by atoms with Crippen LogP contribution in [0.2, 0.25) is 0 Å². The van der Waals surface area contributed by atoms with Crippen molar-refractivity contribution in [3.63, 3.8) is 0 Å². The zero-order chi connectivity index (χ0) is 28.5. The average molecular weight is 607 g/mol. The van der Waals surface area contributed by atoms with E-state index in [0.29, 0.717) is 43.1 Å². The number of ether oxygens (including phenoxy) is 2. The van der Waals surface area contributed by atoms with Crippen molar-refractivity contribution in [2.24, 2.45) is 0 Å². The maximum absolute atomic E-state index is 13.9. The van der Waals surface area contributed by atoms with Gasteiger partial charge in [0.05, 0.1) is 14.2 Å². The van der Waals surface area contributed by atoms with Gasteiger partial charge >= 0.3 is 0 Å². The first kappa shape index (κ1) is 29.2. The largest absolute Gasteiger partial charge is 0.493 e. The Labute approximate surface area is 244 Å². The van der Waals surface area contributed by atoms with Crippen molar-refractivity contribution >= 4 is 38.6 Å². The fourth-order valence-electron chi connectivity index (χ4n) is 4.72. The van der Waals surface area contributed by atoms with Crippen LogP contribution in [-0.2, 0) is 17.8 Å². The first-order valence-corrected chi connectivity index (χ1v) is 14.3. The molecule has 0 aliphatic rings. The SMILES string of the molecule is CCCCN(CC(=O)N(CCc1c[nH]c2ccccc12)Cc1ccc(OC)c(OC)c1)C(=O)c1ccc(Br)cc1. The first-order chi connectivity index (χ1) is 19.4. The summed E-state index contributed by atoms with van der Waals surface area (Å²) in [7, 11) is 3.20. The number of amides is 2. The topological polar surface area (TPSA) is 74.9 Å². The van der Waals surface area contributed by atoms with E-state index in [9.17, 15) is 9.59 Å². The van der Waals surface area contributed by atoms with Crippen LogP contribution in [0.3, 0.4) is 0 Å². The number of rotatable bonds is 13. The van der Waals surface area contributed by atoms with Gasteiger partial charge in [-0.3, -0.25) is 9.59 Å². The number of H-pyrrole nitrogens is 1. The van der Waals surface area contributed by atoms with Crippen LogP contribution in [0.25, 0.3) is 10.9 Å². The molecule has 0 spiro atoms. The van der Waals surface area contributed by atoms with Gasteiger partial charge in [-0.2, -0.15) is 0 Å². The predicted molar refractivity (Wildman–Crippen MR) is 162 cm³/mol. The molecule has 0 aliphatic carbocycles. The second-order valence-corrected chi connectivity index (χ2v) is 10.6. The Bertz CT molecular complexity index is 1430. The van der Waals surface area contributed by atoms with Gasteiger partial charge in [0.25, 0.3) is 5.91 Å². The molecular formula is C32H36BrN3O4. The minimum atomic E-state index is -0.142. The highest BCUT2D eigenvalue weighted by Gasteiger charge is 2.23. The van der Waals surface area contributed by atoms with E-state index in [-0.39, 0.29) is 18.4 Å². The summed E-state index contributed by atoms with van der Waals surface area (Å²) in [6.45, 7) is 3.49. The Kier molecular flexibility index (Phi) is 10.2. The van der Waals surface area contributed by atoms with E-state index in [4.69, 9.17) is 9.47 Å². The molecule has 0 unspecified atom stereocenters. The lowest BCUT2D eigenvalue weighted by Crippen LogP contribution is -2.43. The molecule has 0 atom stereocenters. The van der Waals surface area contributed by atoms with Crippen molar-refractivity contribution in [1.29, 1.82) is 0 Å². The van der Waals surface area contributed by atoms with Crippen molar-refractivity contribution in [2.45, 2.75) is 32.7 Å². The fourth-order valence-corrected chi connectivity index (χ4v) is 4.99. The Morgan fingerprint density at radius 3 is 2.38 bits per heavy atom. The molecule has 210 valence electrons. The number of methoxy groups -OCH3 is 2. The Morgan fingerprint density at radius 2 is 1.65 bits per heavy atom. The maximum Gasteiger partial charge on any atom is 0.254 e. The van der Waals surface area contributed by atoms with Gasteiger partial charge in [0, 0.05) is 46.8 Å². The third-order valence-electron chi connectivity index (χ3n) is 6.99. The number of unbranched alkanes of at least 4 members (excludes halogenated alkanes) is 1. The highest BCUT2D eigenvalue weighted by Crippen LogP contribution is 2.28. The second kappa shape index (κ2) is 14.0. The summed E-state index contributed by atoms with van der Waals surface area (Å²) >= 11 is 3.43. The third-order valence-corrected chi connectivity index (χ3v) is 7.51. The lowest BCUT2D eigenvalue weighted by Gasteiger charge is -2.28. The van der Waals surface area contributed by atoms with Crippen molar-refractivity contribution in [3.05, 3.63) is 94.1 Å². The summed E-state index contributed by atoms with van der Waals surface area (Å²) < 4.78 is 11.8. The molecule has 4 aromatic rings. The van der Waals surface area contributed by atoms with E-state index in [1.165, 1.54) is 0 Å². The van der Waals surface area contributed by atoms with E-state index >= 15 is 0 Å². The summed E-state index contributed by atoms with van der Waals surface area (Å²) in [5, 5.41) is 1.15. The van der Waals surface area contributed by atoms with Crippen LogP contribution < -0.4 is 9.47 Å². The summed E-state index contributed by atoms with van der Waals surface area (Å²) in [5.74, 6) is 1.00. The van der Waals surface area contributed by atoms with Crippen LogP contribution in [0, 0.1) is 0 Å². The number of aromatic nitrogens is 1. The van der Waals surface area contributed by atoms with E-state index < -0.39 is 0 Å². The van der Waals surface area contributed by atoms with Crippen molar-refractivity contribution < 1.29 is 19.1 Å². The molecule has 0 saturated heterocycles. The van der Waals surface area contributed by atoms with Crippen LogP contribution >= 0.6 is 15.9 Å². The molecule has 0 bridgehead atoms.